The van der Waals surface area contributed by atoms with E-state index >= 15 is 0 Å². The smallest absolute Gasteiger partial charge is 0.0768 e. The molecule has 1 nitrogen and oxygen atoms in total. The summed E-state index contributed by atoms with van der Waals surface area (Å²) >= 11 is 17.3. The van der Waals surface area contributed by atoms with Crippen LogP contribution in [0.25, 0.3) is 0 Å². The van der Waals surface area contributed by atoms with Gasteiger partial charge in [-0.05, 0) is 49.3 Å². The normalized spacial score (nSPS) is 26.3. The Morgan fingerprint density at radius 2 is 1.03 bits per heavy atom. The fraction of sp³-hybridized carbons (Fsp3) is 0.909. The number of nitrogens with two attached hydrogens (primary N) is 1. The molecule has 0 aromatic heterocycles. The van der Waals surface area contributed by atoms with Crippen molar-refractivity contribution in [2.45, 2.75) is 90.0 Å². The lowest BCUT2D eigenvalue weighted by molar-refractivity contribution is 0.706. The number of rotatable bonds is 17. The van der Waals surface area contributed by atoms with Crippen molar-refractivity contribution in [2.75, 3.05) is 30.1 Å². The zero-order valence-electron chi connectivity index (χ0n) is 19.3. The second-order valence-corrected chi connectivity index (χ2v) is 18.7. The molecule has 0 radical (unpaired) electrons. The van der Waals surface area contributed by atoms with Crippen molar-refractivity contribution < 1.29 is 0 Å². The third kappa shape index (κ3) is 11.4. The van der Waals surface area contributed by atoms with Crippen molar-refractivity contribution in [1.29, 1.82) is 0 Å². The number of hydrogen-bond acceptors (Lipinski definition) is 9. The molecule has 2 aliphatic heterocycles. The summed E-state index contributed by atoms with van der Waals surface area (Å²) in [6, 6.07) is 0. The van der Waals surface area contributed by atoms with Crippen LogP contribution in [-0.4, -0.2) is 48.4 Å². The summed E-state index contributed by atoms with van der Waals surface area (Å²) in [7, 11) is 0. The van der Waals surface area contributed by atoms with Gasteiger partial charge in [-0.25, -0.2) is 0 Å². The molecule has 182 valence electrons. The first kappa shape index (κ1) is 29.7. The van der Waals surface area contributed by atoms with Crippen LogP contribution in [0.2, 0.25) is 0 Å². The molecule has 31 heavy (non-hydrogen) atoms. The zero-order valence-corrected chi connectivity index (χ0v) is 25.9. The second kappa shape index (κ2) is 18.7. The van der Waals surface area contributed by atoms with Gasteiger partial charge in [0.1, 0.15) is 0 Å². The van der Waals surface area contributed by atoms with Gasteiger partial charge in [-0.3, -0.25) is 0 Å². The van der Waals surface area contributed by atoms with Gasteiger partial charge in [-0.15, -0.1) is 94.1 Å². The highest BCUT2D eigenvalue weighted by atomic mass is 32.3. The molecule has 2 N–H and O–H groups in total. The van der Waals surface area contributed by atoms with Crippen LogP contribution in [0.5, 0.6) is 0 Å². The van der Waals surface area contributed by atoms with Crippen LogP contribution in [0.4, 0.5) is 0 Å². The maximum atomic E-state index is 5.72. The molecule has 0 saturated carbocycles. The summed E-state index contributed by atoms with van der Waals surface area (Å²) in [4.78, 5) is 0. The van der Waals surface area contributed by atoms with E-state index in [0.29, 0.717) is 9.16 Å². The molecule has 0 spiro atoms. The summed E-state index contributed by atoms with van der Waals surface area (Å²) in [5.41, 5.74) is 5.72. The quantitative estimate of drug-likeness (QED) is 0.170. The van der Waals surface area contributed by atoms with Crippen LogP contribution in [-0.2, 0) is 0 Å². The Balaban J connectivity index is 1.92. The summed E-state index contributed by atoms with van der Waals surface area (Å²) in [5, 5.41) is 0. The third-order valence-electron chi connectivity index (χ3n) is 4.93. The monoisotopic (exact) mass is 575 g/mol. The van der Waals surface area contributed by atoms with Gasteiger partial charge in [-0.2, -0.15) is 0 Å². The van der Waals surface area contributed by atoms with Gasteiger partial charge < -0.3 is 5.73 Å². The first-order valence-corrected chi connectivity index (χ1v) is 19.7. The maximum Gasteiger partial charge on any atom is 0.0768 e. The van der Waals surface area contributed by atoms with Crippen LogP contribution in [0.3, 0.4) is 0 Å². The topological polar surface area (TPSA) is 26.0 Å². The minimum absolute atomic E-state index is 0.677. The highest BCUT2D eigenvalue weighted by molar-refractivity contribution is 8.41. The molecule has 9 heteroatoms. The van der Waals surface area contributed by atoms with Gasteiger partial charge in [0.15, 0.2) is 0 Å². The molecule has 0 aromatic carbocycles. The van der Waals surface area contributed by atoms with Crippen molar-refractivity contribution in [3.63, 3.8) is 0 Å². The summed E-state index contributed by atoms with van der Waals surface area (Å²) in [6.45, 7) is 5.43. The largest absolute Gasteiger partial charge is 0.330 e. The number of hydrogen-bond donors (Lipinski definition) is 1. The lowest BCUT2D eigenvalue weighted by Crippen LogP contribution is -2.08. The minimum atomic E-state index is 0.677. The van der Waals surface area contributed by atoms with E-state index < -0.39 is 0 Å². The molecule has 0 aliphatic carbocycles. The lowest BCUT2D eigenvalue weighted by Gasteiger charge is -2.16. The van der Waals surface area contributed by atoms with E-state index in [9.17, 15) is 0 Å². The molecule has 4 unspecified atom stereocenters. The van der Waals surface area contributed by atoms with E-state index in [4.69, 9.17) is 5.73 Å². The molecule has 2 fully saturated rings. The fourth-order valence-electron chi connectivity index (χ4n) is 3.13. The SMILES string of the molecule is CCCCCCSC1SC(=C2SC(SC)C(SCCCN)S2)SC1SCCCCCC. The van der Waals surface area contributed by atoms with Gasteiger partial charge in [-0.1, -0.05) is 52.4 Å². The predicted octanol–water partition coefficient (Wildman–Crippen LogP) is 9.45. The lowest BCUT2D eigenvalue weighted by atomic mass is 10.2. The van der Waals surface area contributed by atoms with Crippen molar-refractivity contribution in [3.05, 3.63) is 8.47 Å². The fourth-order valence-corrected chi connectivity index (χ4v) is 17.5. The third-order valence-corrected chi connectivity index (χ3v) is 18.7. The summed E-state index contributed by atoms with van der Waals surface area (Å²) < 4.78 is 6.05. The van der Waals surface area contributed by atoms with E-state index in [1.807, 2.05) is 11.8 Å². The summed E-state index contributed by atoms with van der Waals surface area (Å²) in [5.74, 6) is 3.86. The molecule has 2 aliphatic rings. The number of thioether (sulfide) groups is 8. The van der Waals surface area contributed by atoms with Gasteiger partial charge in [0.25, 0.3) is 0 Å². The zero-order chi connectivity index (χ0) is 22.3. The molecular weight excluding hydrogens is 535 g/mol. The first-order chi connectivity index (χ1) is 15.2. The van der Waals surface area contributed by atoms with Crippen molar-refractivity contribution in [1.82, 2.24) is 0 Å². The van der Waals surface area contributed by atoms with Crippen LogP contribution < -0.4 is 5.73 Å². The van der Waals surface area contributed by atoms with Crippen molar-refractivity contribution in [2.24, 2.45) is 5.73 Å². The van der Waals surface area contributed by atoms with Gasteiger partial charge in [0.05, 0.1) is 26.8 Å². The average molecular weight is 576 g/mol. The van der Waals surface area contributed by atoms with E-state index in [1.165, 1.54) is 68.6 Å². The Hall–Kier alpha value is 2.50. The van der Waals surface area contributed by atoms with Gasteiger partial charge in [0, 0.05) is 0 Å². The molecule has 2 rings (SSSR count). The highest BCUT2D eigenvalue weighted by Crippen LogP contribution is 2.64. The van der Waals surface area contributed by atoms with E-state index in [-0.39, 0.29) is 0 Å². The van der Waals surface area contributed by atoms with Gasteiger partial charge in [0.2, 0.25) is 0 Å². The molecule has 0 aromatic rings. The van der Waals surface area contributed by atoms with E-state index in [1.54, 1.807) is 8.47 Å². The highest BCUT2D eigenvalue weighted by Gasteiger charge is 2.39. The van der Waals surface area contributed by atoms with E-state index in [0.717, 1.165) is 22.1 Å². The average Bonchev–Trinajstić information content (AvgIpc) is 3.37. The Bertz CT molecular complexity index is 480. The van der Waals surface area contributed by atoms with Crippen molar-refractivity contribution >= 4 is 94.1 Å². The molecular formula is C22H41NS8. The number of unbranched alkanes of at least 4 members (excludes halogenated alkanes) is 6. The van der Waals surface area contributed by atoms with Crippen molar-refractivity contribution in [3.8, 4) is 0 Å². The van der Waals surface area contributed by atoms with E-state index in [2.05, 4.69) is 102 Å². The second-order valence-electron chi connectivity index (χ2n) is 7.63. The molecule has 0 bridgehead atoms. The maximum absolute atomic E-state index is 5.72. The Labute approximate surface area is 226 Å². The van der Waals surface area contributed by atoms with Crippen LogP contribution in [0.1, 0.15) is 71.6 Å². The Morgan fingerprint density at radius 1 is 0.613 bits per heavy atom. The van der Waals surface area contributed by atoms with Gasteiger partial charge >= 0.3 is 0 Å². The minimum Gasteiger partial charge on any atom is -0.330 e. The van der Waals surface area contributed by atoms with Crippen LogP contribution in [0, 0.1) is 0 Å². The van der Waals surface area contributed by atoms with Crippen LogP contribution in [0.15, 0.2) is 8.47 Å². The molecule has 2 saturated heterocycles. The first-order valence-electron chi connectivity index (χ1n) is 11.7. The summed E-state index contributed by atoms with van der Waals surface area (Å²) in [6.07, 6.45) is 14.4. The molecule has 4 atom stereocenters. The Morgan fingerprint density at radius 3 is 1.45 bits per heavy atom. The molecule has 0 amide bonds. The standard InChI is InChI=1S/C22H41NS8/c1-4-6-8-10-14-25-19-20(26-15-11-9-7-5-2)31-22(30-19)21-28-17(24-3)18(29-21)27-16-12-13-23/h17-20H,4-16,23H2,1-3H3. The molecule has 2 heterocycles. The predicted molar refractivity (Wildman–Crippen MR) is 165 cm³/mol. The Kier molecular flexibility index (Phi) is 18.0. The van der Waals surface area contributed by atoms with Crippen LogP contribution >= 0.6 is 94.1 Å².